The van der Waals surface area contributed by atoms with Crippen molar-refractivity contribution in [3.05, 3.63) is 57.8 Å². The summed E-state index contributed by atoms with van der Waals surface area (Å²) in [6.45, 7) is 0. The van der Waals surface area contributed by atoms with E-state index in [0.717, 1.165) is 12.1 Å². The van der Waals surface area contributed by atoms with Gasteiger partial charge in [0.15, 0.2) is 11.6 Å². The van der Waals surface area contributed by atoms with Crippen LogP contribution in [0.25, 0.3) is 0 Å². The summed E-state index contributed by atoms with van der Waals surface area (Å²) in [5.74, 6) is -1.23. The first kappa shape index (κ1) is 16.1. The summed E-state index contributed by atoms with van der Waals surface area (Å²) in [5, 5.41) is 0. The van der Waals surface area contributed by atoms with E-state index in [9.17, 15) is 17.6 Å². The molecule has 0 saturated carbocycles. The Hall–Kier alpha value is -1.27. The molecule has 0 heterocycles. The van der Waals surface area contributed by atoms with E-state index < -0.39 is 17.6 Å². The van der Waals surface area contributed by atoms with Gasteiger partial charge in [0.05, 0.1) is 5.56 Å². The molecule has 0 aromatic heterocycles. The minimum Gasteiger partial charge on any atom is -0.454 e. The zero-order valence-electron chi connectivity index (χ0n) is 10.3. The minimum atomic E-state index is -4.55. The second-order valence-corrected chi connectivity index (χ2v) is 5.31. The highest BCUT2D eigenvalue weighted by Gasteiger charge is 2.33. The molecule has 7 heteroatoms. The first-order valence-corrected chi connectivity index (χ1v) is 7.03. The average Bonchev–Trinajstić information content (AvgIpc) is 2.41. The van der Waals surface area contributed by atoms with Gasteiger partial charge < -0.3 is 4.74 Å². The van der Waals surface area contributed by atoms with Crippen LogP contribution in [0, 0.1) is 5.82 Å². The Kier molecular flexibility index (Phi) is 4.78. The molecular formula is C14H8BrClF4O. The SMILES string of the molecule is Fc1cc(Br)ccc1Oc1ccc(CCl)c(C(F)(F)F)c1. The van der Waals surface area contributed by atoms with E-state index in [1.807, 2.05) is 0 Å². The summed E-state index contributed by atoms with van der Waals surface area (Å²) >= 11 is 8.57. The fraction of sp³-hybridized carbons (Fsp3) is 0.143. The molecule has 2 rings (SSSR count). The van der Waals surface area contributed by atoms with Crippen LogP contribution in [0.3, 0.4) is 0 Å². The molecule has 0 aliphatic carbocycles. The maximum absolute atomic E-state index is 13.6. The Morgan fingerprint density at radius 3 is 2.38 bits per heavy atom. The lowest BCUT2D eigenvalue weighted by molar-refractivity contribution is -0.138. The number of ether oxygens (including phenoxy) is 1. The molecule has 112 valence electrons. The van der Waals surface area contributed by atoms with E-state index in [4.69, 9.17) is 16.3 Å². The molecule has 0 unspecified atom stereocenters. The Bertz CT molecular complexity index is 658. The van der Waals surface area contributed by atoms with Crippen molar-refractivity contribution < 1.29 is 22.3 Å². The molecule has 0 saturated heterocycles. The Labute approximate surface area is 131 Å². The van der Waals surface area contributed by atoms with Crippen LogP contribution in [-0.4, -0.2) is 0 Å². The number of halogens is 6. The summed E-state index contributed by atoms with van der Waals surface area (Å²) in [7, 11) is 0. The van der Waals surface area contributed by atoms with Crippen molar-refractivity contribution >= 4 is 27.5 Å². The number of hydrogen-bond donors (Lipinski definition) is 0. The molecule has 0 amide bonds. The predicted octanol–water partition coefficient (Wildman–Crippen LogP) is 6.14. The average molecular weight is 384 g/mol. The molecule has 2 aromatic carbocycles. The zero-order valence-corrected chi connectivity index (χ0v) is 12.7. The van der Waals surface area contributed by atoms with Crippen LogP contribution in [0.15, 0.2) is 40.9 Å². The van der Waals surface area contributed by atoms with Crippen molar-refractivity contribution in [3.63, 3.8) is 0 Å². The molecule has 0 aliphatic rings. The van der Waals surface area contributed by atoms with Crippen LogP contribution in [0.5, 0.6) is 11.5 Å². The quantitative estimate of drug-likeness (QED) is 0.457. The van der Waals surface area contributed by atoms with Crippen LogP contribution >= 0.6 is 27.5 Å². The Morgan fingerprint density at radius 1 is 1.10 bits per heavy atom. The monoisotopic (exact) mass is 382 g/mol. The van der Waals surface area contributed by atoms with Crippen molar-refractivity contribution in [2.75, 3.05) is 0 Å². The molecule has 0 fully saturated rings. The van der Waals surface area contributed by atoms with Crippen molar-refractivity contribution in [1.29, 1.82) is 0 Å². The second kappa shape index (κ2) is 6.23. The molecule has 0 aliphatic heterocycles. The third kappa shape index (κ3) is 3.89. The van der Waals surface area contributed by atoms with Gasteiger partial charge in [-0.1, -0.05) is 22.0 Å². The molecule has 2 aromatic rings. The van der Waals surface area contributed by atoms with Gasteiger partial charge in [-0.2, -0.15) is 13.2 Å². The summed E-state index contributed by atoms with van der Waals surface area (Å²) in [6.07, 6.45) is -4.55. The zero-order chi connectivity index (χ0) is 15.6. The topological polar surface area (TPSA) is 9.23 Å². The smallest absolute Gasteiger partial charge is 0.416 e. The highest BCUT2D eigenvalue weighted by Crippen LogP contribution is 2.36. The lowest BCUT2D eigenvalue weighted by Gasteiger charge is -2.14. The van der Waals surface area contributed by atoms with Crippen molar-refractivity contribution in [1.82, 2.24) is 0 Å². The van der Waals surface area contributed by atoms with Gasteiger partial charge in [0.25, 0.3) is 0 Å². The van der Waals surface area contributed by atoms with E-state index in [-0.39, 0.29) is 22.9 Å². The Morgan fingerprint density at radius 2 is 1.81 bits per heavy atom. The second-order valence-electron chi connectivity index (χ2n) is 4.13. The van der Waals surface area contributed by atoms with Crippen LogP contribution in [0.4, 0.5) is 17.6 Å². The normalized spacial score (nSPS) is 11.5. The third-order valence-corrected chi connectivity index (χ3v) is 3.43. The number of benzene rings is 2. The molecule has 0 radical (unpaired) electrons. The van der Waals surface area contributed by atoms with E-state index in [1.54, 1.807) is 0 Å². The highest BCUT2D eigenvalue weighted by atomic mass is 79.9. The van der Waals surface area contributed by atoms with Crippen molar-refractivity contribution in [3.8, 4) is 11.5 Å². The summed E-state index contributed by atoms with van der Waals surface area (Å²) in [4.78, 5) is 0. The maximum atomic E-state index is 13.6. The maximum Gasteiger partial charge on any atom is 0.416 e. The van der Waals surface area contributed by atoms with Crippen LogP contribution in [0.2, 0.25) is 0 Å². The van der Waals surface area contributed by atoms with Gasteiger partial charge in [-0.15, -0.1) is 11.6 Å². The van der Waals surface area contributed by atoms with Gasteiger partial charge in [0, 0.05) is 10.4 Å². The highest BCUT2D eigenvalue weighted by molar-refractivity contribution is 9.10. The summed E-state index contributed by atoms with van der Waals surface area (Å²) in [6, 6.07) is 7.33. The lowest BCUT2D eigenvalue weighted by atomic mass is 10.1. The minimum absolute atomic E-state index is 0.0622. The van der Waals surface area contributed by atoms with E-state index in [0.29, 0.717) is 4.47 Å². The molecule has 0 spiro atoms. The van der Waals surface area contributed by atoms with Gasteiger partial charge in [-0.25, -0.2) is 4.39 Å². The van der Waals surface area contributed by atoms with E-state index in [1.165, 1.54) is 24.3 Å². The van der Waals surface area contributed by atoms with Crippen molar-refractivity contribution in [2.24, 2.45) is 0 Å². The molecule has 0 bridgehead atoms. The van der Waals surface area contributed by atoms with E-state index >= 15 is 0 Å². The molecule has 0 N–H and O–H groups in total. The first-order chi connectivity index (χ1) is 9.81. The van der Waals surface area contributed by atoms with Gasteiger partial charge in [-0.05, 0) is 35.9 Å². The molecule has 21 heavy (non-hydrogen) atoms. The van der Waals surface area contributed by atoms with Gasteiger partial charge in [0.1, 0.15) is 5.75 Å². The standard InChI is InChI=1S/C14H8BrClF4O/c15-9-2-4-13(12(17)5-9)21-10-3-1-8(7-16)11(6-10)14(18,19)20/h1-6H,7H2. The number of alkyl halides is 4. The van der Waals surface area contributed by atoms with Crippen LogP contribution in [0.1, 0.15) is 11.1 Å². The fourth-order valence-electron chi connectivity index (χ4n) is 1.68. The number of rotatable bonds is 3. The van der Waals surface area contributed by atoms with E-state index in [2.05, 4.69) is 15.9 Å². The van der Waals surface area contributed by atoms with Crippen LogP contribution in [-0.2, 0) is 12.1 Å². The molecular weight excluding hydrogens is 376 g/mol. The van der Waals surface area contributed by atoms with Crippen molar-refractivity contribution in [2.45, 2.75) is 12.1 Å². The van der Waals surface area contributed by atoms with Gasteiger partial charge in [0.2, 0.25) is 0 Å². The lowest BCUT2D eigenvalue weighted by Crippen LogP contribution is -2.08. The largest absolute Gasteiger partial charge is 0.454 e. The third-order valence-electron chi connectivity index (χ3n) is 2.65. The first-order valence-electron chi connectivity index (χ1n) is 5.70. The Balaban J connectivity index is 2.37. The summed E-state index contributed by atoms with van der Waals surface area (Å²) < 4.78 is 58.0. The molecule has 0 atom stereocenters. The van der Waals surface area contributed by atoms with Gasteiger partial charge in [-0.3, -0.25) is 0 Å². The predicted molar refractivity (Wildman–Crippen MR) is 75.2 cm³/mol. The number of hydrogen-bond acceptors (Lipinski definition) is 1. The fourth-order valence-corrected chi connectivity index (χ4v) is 2.25. The molecule has 1 nitrogen and oxygen atoms in total. The van der Waals surface area contributed by atoms with Gasteiger partial charge >= 0.3 is 6.18 Å². The van der Waals surface area contributed by atoms with Crippen LogP contribution < -0.4 is 4.74 Å². The summed E-state index contributed by atoms with van der Waals surface area (Å²) in [5.41, 5.74) is -0.958.